The summed E-state index contributed by atoms with van der Waals surface area (Å²) in [5.41, 5.74) is 6.87. The van der Waals surface area contributed by atoms with Crippen LogP contribution in [0.4, 0.5) is 4.79 Å². The number of carbonyl (C=O) groups is 2. The van der Waals surface area contributed by atoms with E-state index in [9.17, 15) is 9.59 Å². The van der Waals surface area contributed by atoms with E-state index in [2.05, 4.69) is 68.4 Å². The Balaban J connectivity index is 1.38. The van der Waals surface area contributed by atoms with Gasteiger partial charge in [-0.25, -0.2) is 4.79 Å². The first-order chi connectivity index (χ1) is 26.2. The predicted molar refractivity (Wildman–Crippen MR) is 219 cm³/mol. The molecule has 1 heterocycles. The Labute approximate surface area is 327 Å². The summed E-state index contributed by atoms with van der Waals surface area (Å²) in [7, 11) is 2.61. The van der Waals surface area contributed by atoms with Crippen molar-refractivity contribution in [2.24, 2.45) is 5.92 Å². The van der Waals surface area contributed by atoms with Crippen molar-refractivity contribution >= 4 is 20.3 Å². The molecule has 55 heavy (non-hydrogen) atoms. The van der Waals surface area contributed by atoms with E-state index >= 15 is 0 Å². The molecule has 0 unspecified atom stereocenters. The molecule has 1 aliphatic rings. The van der Waals surface area contributed by atoms with Gasteiger partial charge in [-0.05, 0) is 82.6 Å². The average molecular weight is 768 g/mol. The molecule has 0 spiro atoms. The highest BCUT2D eigenvalue weighted by atomic mass is 28.4. The van der Waals surface area contributed by atoms with Crippen molar-refractivity contribution < 1.29 is 33.0 Å². The summed E-state index contributed by atoms with van der Waals surface area (Å²) >= 11 is 0. The van der Waals surface area contributed by atoms with Gasteiger partial charge in [0.1, 0.15) is 12.6 Å². The Morgan fingerprint density at radius 1 is 0.873 bits per heavy atom. The number of pyridine rings is 1. The fourth-order valence-corrected chi connectivity index (χ4v) is 7.80. The molecular formula is C44H57N3O7Si. The van der Waals surface area contributed by atoms with Gasteiger partial charge >= 0.3 is 6.09 Å². The van der Waals surface area contributed by atoms with Crippen molar-refractivity contribution in [1.82, 2.24) is 15.2 Å². The lowest BCUT2D eigenvalue weighted by molar-refractivity contribution is -0.134. The van der Waals surface area contributed by atoms with Crippen LogP contribution in [0, 0.1) is 5.92 Å². The molecule has 1 atom stereocenters. The molecule has 10 nitrogen and oxygen atoms in total. The second-order valence-electron chi connectivity index (χ2n) is 16.0. The maximum Gasteiger partial charge on any atom is 0.407 e. The van der Waals surface area contributed by atoms with E-state index < -0.39 is 20.5 Å². The standard InChI is InChI=1S/C44H57N3O7Si/c1-29(2)23-38(46-43(49)53-28-36-34-17-13-11-15-32(34)33-16-12-14-18-35(33)36)42(48)47(21-22-54-55(9,10)44(3,4)5)27-30-19-20-45-37(24-30)31-25-39(50-6)41(52-8)40(26-31)51-7/h11-20,24-26,29,36,38H,21-23,27-28H2,1-10H3,(H,46,49)/t38-/m0/s1. The topological polar surface area (TPSA) is 108 Å². The van der Waals surface area contributed by atoms with Crippen molar-refractivity contribution in [2.45, 2.75) is 77.7 Å². The normalized spacial score (nSPS) is 13.1. The monoisotopic (exact) mass is 767 g/mol. The Bertz CT molecular complexity index is 1890. The zero-order valence-electron chi connectivity index (χ0n) is 34.0. The molecular weight excluding hydrogens is 711 g/mol. The minimum Gasteiger partial charge on any atom is -0.493 e. The van der Waals surface area contributed by atoms with Crippen molar-refractivity contribution in [3.63, 3.8) is 0 Å². The molecule has 1 N–H and O–H groups in total. The molecule has 0 radical (unpaired) electrons. The lowest BCUT2D eigenvalue weighted by Crippen LogP contribution is -2.50. The quantitative estimate of drug-likeness (QED) is 0.113. The lowest BCUT2D eigenvalue weighted by Gasteiger charge is -2.37. The van der Waals surface area contributed by atoms with Crippen LogP contribution in [0.5, 0.6) is 17.2 Å². The number of hydrogen-bond acceptors (Lipinski definition) is 8. The van der Waals surface area contributed by atoms with Crippen LogP contribution in [0.1, 0.15) is 63.6 Å². The highest BCUT2D eigenvalue weighted by Crippen LogP contribution is 2.45. The van der Waals surface area contributed by atoms with E-state index in [0.717, 1.165) is 33.4 Å². The van der Waals surface area contributed by atoms with Crippen molar-refractivity contribution in [3.05, 3.63) is 95.7 Å². The predicted octanol–water partition coefficient (Wildman–Crippen LogP) is 9.08. The van der Waals surface area contributed by atoms with Crippen LogP contribution < -0.4 is 19.5 Å². The number of rotatable bonds is 16. The number of ether oxygens (including phenoxy) is 4. The molecule has 1 aromatic heterocycles. The highest BCUT2D eigenvalue weighted by molar-refractivity contribution is 6.74. The number of methoxy groups -OCH3 is 3. The van der Waals surface area contributed by atoms with E-state index in [0.29, 0.717) is 42.5 Å². The Kier molecular flexibility index (Phi) is 13.3. The van der Waals surface area contributed by atoms with Gasteiger partial charge in [0.25, 0.3) is 0 Å². The maximum absolute atomic E-state index is 14.6. The molecule has 1 aliphatic carbocycles. The fourth-order valence-electron chi connectivity index (χ4n) is 6.77. The lowest BCUT2D eigenvalue weighted by atomic mass is 9.98. The first-order valence-electron chi connectivity index (χ1n) is 19.0. The SMILES string of the molecule is COc1cc(-c2cc(CN(CCO[Si](C)(C)C(C)(C)C)C(=O)[C@H](CC(C)C)NC(=O)OCC3c4ccccc4-c4ccccc43)ccn2)cc(OC)c1OC. The number of alkyl carbamates (subject to hydrolysis) is 1. The van der Waals surface area contributed by atoms with Crippen molar-refractivity contribution in [2.75, 3.05) is 41.1 Å². The summed E-state index contributed by atoms with van der Waals surface area (Å²) < 4.78 is 29.2. The summed E-state index contributed by atoms with van der Waals surface area (Å²) in [5, 5.41) is 2.96. The number of benzene rings is 3. The Morgan fingerprint density at radius 2 is 1.47 bits per heavy atom. The zero-order chi connectivity index (χ0) is 39.9. The van der Waals surface area contributed by atoms with Crippen molar-refractivity contribution in [3.8, 4) is 39.6 Å². The molecule has 5 rings (SSSR count). The number of nitrogens with one attached hydrogen (secondary N) is 1. The van der Waals surface area contributed by atoms with E-state index in [1.807, 2.05) is 62.4 Å². The van der Waals surface area contributed by atoms with Crippen molar-refractivity contribution in [1.29, 1.82) is 0 Å². The number of hydrogen-bond donors (Lipinski definition) is 1. The van der Waals surface area contributed by atoms with Crippen LogP contribution in [0.15, 0.2) is 79.0 Å². The Hall–Kier alpha value is -4.87. The number of fused-ring (bicyclic) bond motifs is 3. The number of carbonyl (C=O) groups excluding carboxylic acids is 2. The smallest absolute Gasteiger partial charge is 0.407 e. The molecule has 0 aliphatic heterocycles. The molecule has 294 valence electrons. The van der Waals surface area contributed by atoms with Gasteiger partial charge in [0.05, 0.1) is 33.6 Å². The van der Waals surface area contributed by atoms with Gasteiger partial charge in [-0.2, -0.15) is 0 Å². The van der Waals surface area contributed by atoms with Crippen LogP contribution >= 0.6 is 0 Å². The highest BCUT2D eigenvalue weighted by Gasteiger charge is 2.37. The zero-order valence-corrected chi connectivity index (χ0v) is 35.0. The molecule has 0 saturated carbocycles. The molecule has 3 aromatic carbocycles. The summed E-state index contributed by atoms with van der Waals surface area (Å²) in [6.45, 7) is 16.2. The van der Waals surface area contributed by atoms with E-state index in [-0.39, 0.29) is 35.9 Å². The Morgan fingerprint density at radius 3 is 2.02 bits per heavy atom. The minimum atomic E-state index is -2.10. The molecule has 4 aromatic rings. The van der Waals surface area contributed by atoms with E-state index in [1.54, 1.807) is 32.4 Å². The maximum atomic E-state index is 14.6. The van der Waals surface area contributed by atoms with Crippen LogP contribution in [-0.2, 0) is 20.5 Å². The second kappa shape index (κ2) is 17.7. The van der Waals surface area contributed by atoms with Crippen LogP contribution in [0.2, 0.25) is 18.1 Å². The van der Waals surface area contributed by atoms with Gasteiger partial charge in [0.15, 0.2) is 19.8 Å². The van der Waals surface area contributed by atoms with E-state index in [1.165, 1.54) is 0 Å². The summed E-state index contributed by atoms with van der Waals surface area (Å²) in [5.74, 6) is 1.35. The second-order valence-corrected chi connectivity index (χ2v) is 20.8. The minimum absolute atomic E-state index is 0.00809. The molecule has 11 heteroatoms. The van der Waals surface area contributed by atoms with Crippen LogP contribution in [-0.4, -0.2) is 77.3 Å². The molecule has 2 amide bonds. The first-order valence-corrected chi connectivity index (χ1v) is 21.9. The summed E-state index contributed by atoms with van der Waals surface area (Å²) in [6, 6.07) is 23.2. The largest absolute Gasteiger partial charge is 0.493 e. The number of nitrogens with zero attached hydrogens (tertiary/aromatic N) is 2. The fraction of sp³-hybridized carbons (Fsp3) is 0.432. The molecule has 0 saturated heterocycles. The van der Waals surface area contributed by atoms with Gasteiger partial charge < -0.3 is 33.6 Å². The third kappa shape index (κ3) is 9.69. The van der Waals surface area contributed by atoms with Crippen LogP contribution in [0.3, 0.4) is 0 Å². The molecule has 0 fully saturated rings. The van der Waals surface area contributed by atoms with Gasteiger partial charge in [-0.1, -0.05) is 83.1 Å². The number of aromatic nitrogens is 1. The first kappa shape index (κ1) is 41.3. The average Bonchev–Trinajstić information content (AvgIpc) is 3.48. The van der Waals surface area contributed by atoms with E-state index in [4.69, 9.17) is 23.4 Å². The van der Waals surface area contributed by atoms with Crippen LogP contribution in [0.25, 0.3) is 22.4 Å². The third-order valence-corrected chi connectivity index (χ3v) is 15.3. The molecule has 0 bridgehead atoms. The van der Waals surface area contributed by atoms with Gasteiger partial charge in [0.2, 0.25) is 11.7 Å². The summed E-state index contributed by atoms with van der Waals surface area (Å²) in [6.07, 6.45) is 1.55. The van der Waals surface area contributed by atoms with Gasteiger partial charge in [-0.15, -0.1) is 0 Å². The third-order valence-electron chi connectivity index (χ3n) is 10.7. The van der Waals surface area contributed by atoms with Gasteiger partial charge in [-0.3, -0.25) is 9.78 Å². The summed E-state index contributed by atoms with van der Waals surface area (Å²) in [4.78, 5) is 34.6. The number of amides is 2. The van der Waals surface area contributed by atoms with Gasteiger partial charge in [0, 0.05) is 30.8 Å².